The van der Waals surface area contributed by atoms with Gasteiger partial charge in [-0.1, -0.05) is 48.5 Å². The summed E-state index contributed by atoms with van der Waals surface area (Å²) in [6.07, 6.45) is -0.785. The number of ether oxygens (including phenoxy) is 1. The summed E-state index contributed by atoms with van der Waals surface area (Å²) in [5.41, 5.74) is 0.447. The summed E-state index contributed by atoms with van der Waals surface area (Å²) in [7, 11) is -4.24. The third-order valence-electron chi connectivity index (χ3n) is 2.95. The molecule has 0 fully saturated rings. The Hall–Kier alpha value is -2.30. The van der Waals surface area contributed by atoms with E-state index in [1.807, 2.05) is 0 Å². The molecule has 0 aliphatic rings. The molecular formula is C16H18NO5P. The van der Waals surface area contributed by atoms with E-state index in [-0.39, 0.29) is 12.4 Å². The van der Waals surface area contributed by atoms with Crippen LogP contribution in [0.5, 0.6) is 5.75 Å². The van der Waals surface area contributed by atoms with E-state index in [9.17, 15) is 14.3 Å². The molecule has 2 atom stereocenters. The Morgan fingerprint density at radius 1 is 1.13 bits per heavy atom. The van der Waals surface area contributed by atoms with Gasteiger partial charge in [0.25, 0.3) is 0 Å². The van der Waals surface area contributed by atoms with Crippen molar-refractivity contribution in [3.8, 4) is 5.75 Å². The lowest BCUT2D eigenvalue weighted by atomic mass is 10.2. The number of hydrogen-bond acceptors (Lipinski definition) is 4. The van der Waals surface area contributed by atoms with Crippen molar-refractivity contribution >= 4 is 13.7 Å². The zero-order valence-corrected chi connectivity index (χ0v) is 13.5. The van der Waals surface area contributed by atoms with Gasteiger partial charge in [0.05, 0.1) is 6.61 Å². The Balaban J connectivity index is 2.28. The molecule has 0 radical (unpaired) electrons. The summed E-state index contributed by atoms with van der Waals surface area (Å²) in [4.78, 5) is 22.1. The van der Waals surface area contributed by atoms with Crippen molar-refractivity contribution in [2.45, 2.75) is 12.7 Å². The fourth-order valence-corrected chi connectivity index (χ4v) is 3.30. The van der Waals surface area contributed by atoms with Gasteiger partial charge in [0, 0.05) is 0 Å². The maximum Gasteiger partial charge on any atom is 0.408 e. The normalized spacial score (nSPS) is 14.3. The van der Waals surface area contributed by atoms with Crippen LogP contribution in [0.2, 0.25) is 0 Å². The van der Waals surface area contributed by atoms with Crippen LogP contribution in [0.15, 0.2) is 60.7 Å². The first-order valence-electron chi connectivity index (χ1n) is 7.08. The highest BCUT2D eigenvalue weighted by Gasteiger charge is 2.37. The molecule has 0 saturated heterocycles. The summed E-state index contributed by atoms with van der Waals surface area (Å²) < 4.78 is 22.7. The zero-order valence-electron chi connectivity index (χ0n) is 12.6. The van der Waals surface area contributed by atoms with Gasteiger partial charge in [-0.05, 0) is 24.6 Å². The molecule has 2 N–H and O–H groups in total. The Kier molecular flexibility index (Phi) is 5.79. The quantitative estimate of drug-likeness (QED) is 0.786. The molecule has 23 heavy (non-hydrogen) atoms. The molecule has 6 nitrogen and oxygen atoms in total. The first-order chi connectivity index (χ1) is 11.0. The van der Waals surface area contributed by atoms with E-state index in [4.69, 9.17) is 9.26 Å². The maximum absolute atomic E-state index is 12.7. The minimum absolute atomic E-state index is 0.155. The van der Waals surface area contributed by atoms with Crippen LogP contribution in [0.4, 0.5) is 4.79 Å². The van der Waals surface area contributed by atoms with Crippen molar-refractivity contribution < 1.29 is 23.5 Å². The number of nitrogens with one attached hydrogen (secondary N) is 1. The van der Waals surface area contributed by atoms with E-state index in [2.05, 4.69) is 5.32 Å². The van der Waals surface area contributed by atoms with E-state index < -0.39 is 19.5 Å². The second-order valence-corrected chi connectivity index (χ2v) is 6.47. The van der Waals surface area contributed by atoms with Crippen molar-refractivity contribution in [1.29, 1.82) is 0 Å². The lowest BCUT2D eigenvalue weighted by Gasteiger charge is -2.24. The number of amides is 1. The van der Waals surface area contributed by atoms with Crippen LogP contribution >= 0.6 is 7.60 Å². The highest BCUT2D eigenvalue weighted by molar-refractivity contribution is 7.53. The average molecular weight is 335 g/mol. The van der Waals surface area contributed by atoms with Crippen molar-refractivity contribution in [2.75, 3.05) is 6.61 Å². The number of carbonyl (C=O) groups is 1. The molecule has 0 bridgehead atoms. The van der Waals surface area contributed by atoms with Crippen LogP contribution in [0, 0.1) is 0 Å². The SMILES string of the molecule is CCOC(=O)NC(c1ccccc1)P(=O)(O)Oc1ccccc1. The first kappa shape index (κ1) is 17.1. The molecule has 0 saturated carbocycles. The summed E-state index contributed by atoms with van der Waals surface area (Å²) in [5.74, 6) is -0.993. The molecule has 2 aromatic carbocycles. The smallest absolute Gasteiger partial charge is 0.408 e. The van der Waals surface area contributed by atoms with Crippen molar-refractivity contribution in [3.05, 3.63) is 66.2 Å². The Morgan fingerprint density at radius 3 is 2.26 bits per heavy atom. The largest absolute Gasteiger partial charge is 0.450 e. The number of benzene rings is 2. The highest BCUT2D eigenvalue weighted by Crippen LogP contribution is 2.54. The third kappa shape index (κ3) is 4.84. The molecule has 0 aromatic heterocycles. The van der Waals surface area contributed by atoms with Crippen molar-refractivity contribution in [2.24, 2.45) is 0 Å². The van der Waals surface area contributed by atoms with Crippen LogP contribution in [-0.4, -0.2) is 17.6 Å². The Morgan fingerprint density at radius 2 is 1.70 bits per heavy atom. The average Bonchev–Trinajstić information content (AvgIpc) is 2.54. The topological polar surface area (TPSA) is 84.9 Å². The number of rotatable bonds is 6. The van der Waals surface area contributed by atoms with E-state index in [1.165, 1.54) is 0 Å². The van der Waals surface area contributed by atoms with Gasteiger partial charge >= 0.3 is 13.7 Å². The molecule has 2 unspecified atom stereocenters. The number of para-hydroxylation sites is 1. The highest BCUT2D eigenvalue weighted by atomic mass is 31.2. The molecule has 7 heteroatoms. The van der Waals surface area contributed by atoms with Gasteiger partial charge in [0.15, 0.2) is 5.78 Å². The maximum atomic E-state index is 12.7. The lowest BCUT2D eigenvalue weighted by Crippen LogP contribution is -2.30. The van der Waals surface area contributed by atoms with Gasteiger partial charge in [0.2, 0.25) is 0 Å². The number of alkyl carbamates (subject to hydrolysis) is 1. The monoisotopic (exact) mass is 335 g/mol. The standard InChI is InChI=1S/C16H18NO5P/c1-2-21-16(18)17-15(13-9-5-3-6-10-13)23(19,20)22-14-11-7-4-8-12-14/h3-12,15H,2H2,1H3,(H,17,18)(H,19,20). The second-order valence-electron chi connectivity index (χ2n) is 4.65. The molecule has 0 aliphatic carbocycles. The third-order valence-corrected chi connectivity index (χ3v) is 4.50. The van der Waals surface area contributed by atoms with Gasteiger partial charge in [-0.3, -0.25) is 0 Å². The minimum atomic E-state index is -4.24. The number of carbonyl (C=O) groups excluding carboxylic acids is 1. The van der Waals surface area contributed by atoms with E-state index >= 15 is 0 Å². The van der Waals surface area contributed by atoms with Gasteiger partial charge in [0.1, 0.15) is 5.75 Å². The predicted molar refractivity (Wildman–Crippen MR) is 86.2 cm³/mol. The summed E-state index contributed by atoms with van der Waals surface area (Å²) in [6, 6.07) is 16.7. The molecular weight excluding hydrogens is 317 g/mol. The molecule has 2 aromatic rings. The van der Waals surface area contributed by atoms with Gasteiger partial charge in [-0.2, -0.15) is 0 Å². The molecule has 0 heterocycles. The van der Waals surface area contributed by atoms with Gasteiger partial charge < -0.3 is 19.5 Å². The van der Waals surface area contributed by atoms with Crippen LogP contribution in [0.1, 0.15) is 18.3 Å². The van der Waals surface area contributed by atoms with Crippen LogP contribution in [-0.2, 0) is 9.30 Å². The first-order valence-corrected chi connectivity index (χ1v) is 8.73. The van der Waals surface area contributed by atoms with Crippen LogP contribution in [0.3, 0.4) is 0 Å². The summed E-state index contributed by atoms with van der Waals surface area (Å²) in [5, 5.41) is 2.40. The van der Waals surface area contributed by atoms with E-state index in [0.29, 0.717) is 5.56 Å². The summed E-state index contributed by atoms with van der Waals surface area (Å²) >= 11 is 0. The fraction of sp³-hybridized carbons (Fsp3) is 0.188. The van der Waals surface area contributed by atoms with Crippen molar-refractivity contribution in [3.63, 3.8) is 0 Å². The fourth-order valence-electron chi connectivity index (χ4n) is 1.96. The zero-order chi connectivity index (χ0) is 16.7. The lowest BCUT2D eigenvalue weighted by molar-refractivity contribution is 0.149. The predicted octanol–water partition coefficient (Wildman–Crippen LogP) is 3.70. The van der Waals surface area contributed by atoms with E-state index in [1.54, 1.807) is 67.6 Å². The molecule has 0 spiro atoms. The number of hydrogen-bond donors (Lipinski definition) is 2. The molecule has 0 aliphatic heterocycles. The Labute approximate surface area is 134 Å². The Bertz CT molecular complexity index is 677. The minimum Gasteiger partial charge on any atom is -0.450 e. The van der Waals surface area contributed by atoms with Crippen LogP contribution in [0.25, 0.3) is 0 Å². The van der Waals surface area contributed by atoms with Crippen molar-refractivity contribution in [1.82, 2.24) is 5.32 Å². The summed E-state index contributed by atoms with van der Waals surface area (Å²) in [6.45, 7) is 1.80. The van der Waals surface area contributed by atoms with Gasteiger partial charge in [-0.25, -0.2) is 9.36 Å². The van der Waals surface area contributed by atoms with Gasteiger partial charge in [-0.15, -0.1) is 0 Å². The molecule has 122 valence electrons. The molecule has 2 rings (SSSR count). The molecule has 1 amide bonds. The van der Waals surface area contributed by atoms with E-state index in [0.717, 1.165) is 0 Å². The van der Waals surface area contributed by atoms with Crippen LogP contribution < -0.4 is 9.84 Å². The second kappa shape index (κ2) is 7.81.